The Hall–Kier alpha value is -3.58. The normalized spacial score (nSPS) is 15.7. The molecule has 1 amide bonds. The van der Waals surface area contributed by atoms with Crippen LogP contribution in [-0.4, -0.2) is 48.4 Å². The lowest BCUT2D eigenvalue weighted by molar-refractivity contribution is 0.0600. The number of hydrogen-bond donors (Lipinski definition) is 1. The van der Waals surface area contributed by atoms with E-state index in [1.807, 2.05) is 18.3 Å². The molecule has 4 aromatic rings. The van der Waals surface area contributed by atoms with Crippen LogP contribution in [0.3, 0.4) is 0 Å². The van der Waals surface area contributed by atoms with E-state index in [1.54, 1.807) is 7.11 Å². The van der Waals surface area contributed by atoms with Gasteiger partial charge in [0, 0.05) is 54.8 Å². The molecule has 1 N–H and O–H groups in total. The maximum atomic E-state index is 13.2. The van der Waals surface area contributed by atoms with Gasteiger partial charge in [-0.15, -0.1) is 0 Å². The van der Waals surface area contributed by atoms with Crippen molar-refractivity contribution in [3.63, 3.8) is 0 Å². The lowest BCUT2D eigenvalue weighted by Crippen LogP contribution is -2.26. The molecule has 1 aliphatic carbocycles. The van der Waals surface area contributed by atoms with Crippen LogP contribution in [0.4, 0.5) is 0 Å². The first kappa shape index (κ1) is 24.7. The summed E-state index contributed by atoms with van der Waals surface area (Å²) in [7, 11) is 3.07. The predicted octanol–water partition coefficient (Wildman–Crippen LogP) is 5.88. The van der Waals surface area contributed by atoms with Gasteiger partial charge in [0.25, 0.3) is 5.91 Å². The molecule has 6 rings (SSSR count). The number of rotatable bonds is 6. The maximum Gasteiger partial charge on any atom is 0.337 e. The van der Waals surface area contributed by atoms with Crippen molar-refractivity contribution in [3.8, 4) is 11.3 Å². The van der Waals surface area contributed by atoms with Gasteiger partial charge in [-0.05, 0) is 42.9 Å². The minimum atomic E-state index is -0.312. The number of benzene rings is 2. The van der Waals surface area contributed by atoms with Crippen LogP contribution < -0.4 is 5.32 Å². The topological polar surface area (TPSA) is 74.5 Å². The number of esters is 1. The minimum absolute atomic E-state index is 0.0713. The van der Waals surface area contributed by atoms with Crippen LogP contribution in [0, 0.1) is 0 Å². The molecule has 2 aromatic heterocycles. The highest BCUT2D eigenvalue weighted by Crippen LogP contribution is 2.46. The van der Waals surface area contributed by atoms with Crippen molar-refractivity contribution in [2.45, 2.75) is 57.5 Å². The van der Waals surface area contributed by atoms with E-state index in [9.17, 15) is 9.59 Å². The van der Waals surface area contributed by atoms with Crippen LogP contribution in [0.5, 0.6) is 0 Å². The van der Waals surface area contributed by atoms with Gasteiger partial charge in [-0.1, -0.05) is 43.5 Å². The average molecular weight is 514 g/mol. The molecule has 0 saturated heterocycles. The van der Waals surface area contributed by atoms with E-state index in [1.165, 1.54) is 55.9 Å². The number of methoxy groups -OCH3 is 2. The van der Waals surface area contributed by atoms with E-state index in [-0.39, 0.29) is 11.9 Å². The maximum absolute atomic E-state index is 13.2. The van der Waals surface area contributed by atoms with Gasteiger partial charge < -0.3 is 23.9 Å². The molecule has 2 aliphatic rings. The van der Waals surface area contributed by atoms with Gasteiger partial charge >= 0.3 is 5.97 Å². The number of nitrogens with one attached hydrogen (secondary N) is 1. The Kier molecular flexibility index (Phi) is 6.70. The SMILES string of the molecule is COCCNC(=O)c1cn2c3c(cccc13)-c1c(C3CCCCC3)c3ccc(C(=O)OC)cc3n1CCC2. The fraction of sp³-hybridized carbons (Fsp3) is 0.419. The molecule has 3 heterocycles. The monoisotopic (exact) mass is 513 g/mol. The van der Waals surface area contributed by atoms with E-state index in [0.29, 0.717) is 30.2 Å². The largest absolute Gasteiger partial charge is 0.465 e. The average Bonchev–Trinajstić information content (AvgIpc) is 3.47. The first-order chi connectivity index (χ1) is 18.6. The Balaban J connectivity index is 1.60. The Morgan fingerprint density at radius 1 is 1.00 bits per heavy atom. The third-order valence-electron chi connectivity index (χ3n) is 8.31. The third kappa shape index (κ3) is 4.09. The molecule has 0 spiro atoms. The van der Waals surface area contributed by atoms with Crippen LogP contribution >= 0.6 is 0 Å². The highest BCUT2D eigenvalue weighted by atomic mass is 16.5. The molecule has 38 heavy (non-hydrogen) atoms. The molecule has 7 nitrogen and oxygen atoms in total. The number of nitrogens with zero attached hydrogens (tertiary/aromatic N) is 2. The Labute approximate surface area is 222 Å². The lowest BCUT2D eigenvalue weighted by atomic mass is 9.81. The summed E-state index contributed by atoms with van der Waals surface area (Å²) in [5.74, 6) is 0.0898. The molecule has 198 valence electrons. The summed E-state index contributed by atoms with van der Waals surface area (Å²) in [4.78, 5) is 25.6. The molecule has 1 saturated carbocycles. The van der Waals surface area contributed by atoms with Crippen molar-refractivity contribution in [2.24, 2.45) is 0 Å². The van der Waals surface area contributed by atoms with Gasteiger partial charge in [-0.3, -0.25) is 4.79 Å². The summed E-state index contributed by atoms with van der Waals surface area (Å²) in [5.41, 5.74) is 7.28. The third-order valence-corrected chi connectivity index (χ3v) is 8.31. The van der Waals surface area contributed by atoms with E-state index >= 15 is 0 Å². The molecule has 0 radical (unpaired) electrons. The number of ether oxygens (including phenoxy) is 2. The van der Waals surface area contributed by atoms with Crippen molar-refractivity contribution in [1.82, 2.24) is 14.5 Å². The molecule has 0 atom stereocenters. The lowest BCUT2D eigenvalue weighted by Gasteiger charge is -2.25. The number of aryl methyl sites for hydroxylation is 2. The summed E-state index contributed by atoms with van der Waals surface area (Å²) in [6, 6.07) is 12.4. The first-order valence-corrected chi connectivity index (χ1v) is 13.8. The van der Waals surface area contributed by atoms with Crippen LogP contribution in [-0.2, 0) is 22.6 Å². The Morgan fingerprint density at radius 3 is 2.63 bits per heavy atom. The first-order valence-electron chi connectivity index (χ1n) is 13.8. The molecular formula is C31H35N3O4. The van der Waals surface area contributed by atoms with Crippen molar-refractivity contribution in [3.05, 3.63) is 59.3 Å². The van der Waals surface area contributed by atoms with E-state index in [4.69, 9.17) is 9.47 Å². The number of hydrogen-bond acceptors (Lipinski definition) is 4. The van der Waals surface area contributed by atoms with Crippen molar-refractivity contribution in [2.75, 3.05) is 27.4 Å². The summed E-state index contributed by atoms with van der Waals surface area (Å²) >= 11 is 0. The second-order valence-corrected chi connectivity index (χ2v) is 10.5. The van der Waals surface area contributed by atoms with Gasteiger partial charge in [0.2, 0.25) is 0 Å². The van der Waals surface area contributed by atoms with Crippen molar-refractivity contribution in [1.29, 1.82) is 0 Å². The van der Waals surface area contributed by atoms with E-state index in [0.717, 1.165) is 41.5 Å². The highest BCUT2D eigenvalue weighted by molar-refractivity contribution is 6.11. The van der Waals surface area contributed by atoms with Crippen molar-refractivity contribution >= 4 is 33.7 Å². The second-order valence-electron chi connectivity index (χ2n) is 10.5. The molecule has 1 fully saturated rings. The number of carbonyl (C=O) groups is 2. The van der Waals surface area contributed by atoms with Crippen LogP contribution in [0.1, 0.15) is 70.7 Å². The number of fused-ring (bicyclic) bond motifs is 4. The smallest absolute Gasteiger partial charge is 0.337 e. The molecule has 0 bridgehead atoms. The van der Waals surface area contributed by atoms with Gasteiger partial charge in [-0.25, -0.2) is 4.79 Å². The fourth-order valence-corrected chi connectivity index (χ4v) is 6.62. The molecule has 1 aliphatic heterocycles. The zero-order valence-electron chi connectivity index (χ0n) is 22.2. The quantitative estimate of drug-likeness (QED) is 0.258. The molecule has 2 aromatic carbocycles. The van der Waals surface area contributed by atoms with Crippen molar-refractivity contribution < 1.29 is 19.1 Å². The minimum Gasteiger partial charge on any atom is -0.465 e. The molecule has 0 unspecified atom stereocenters. The van der Waals surface area contributed by atoms with E-state index in [2.05, 4.69) is 38.7 Å². The zero-order valence-corrected chi connectivity index (χ0v) is 22.2. The standard InChI is InChI=1S/C31H35N3O4/c1-37-17-14-32-30(35)25-19-33-15-7-16-34-26-18-21(31(36)38-2)12-13-23(26)27(20-8-4-3-5-9-20)29(34)24-11-6-10-22(25)28(24)33/h6,10-13,18-20H,3-5,7-9,14-17H2,1-2H3,(H,32,35). The predicted molar refractivity (Wildman–Crippen MR) is 149 cm³/mol. The van der Waals surface area contributed by atoms with Gasteiger partial charge in [0.15, 0.2) is 0 Å². The number of para-hydroxylation sites is 1. The molecular weight excluding hydrogens is 478 g/mol. The zero-order chi connectivity index (χ0) is 26.2. The van der Waals surface area contributed by atoms with Gasteiger partial charge in [0.1, 0.15) is 0 Å². The van der Waals surface area contributed by atoms with Crippen LogP contribution in [0.25, 0.3) is 33.1 Å². The Bertz CT molecular complexity index is 1520. The van der Waals surface area contributed by atoms with E-state index < -0.39 is 0 Å². The number of aromatic nitrogens is 2. The molecule has 7 heteroatoms. The fourth-order valence-electron chi connectivity index (χ4n) is 6.62. The number of amides is 1. The highest BCUT2D eigenvalue weighted by Gasteiger charge is 2.30. The summed E-state index contributed by atoms with van der Waals surface area (Å²) in [6.45, 7) is 2.61. The van der Waals surface area contributed by atoms with Crippen LogP contribution in [0.2, 0.25) is 0 Å². The second kappa shape index (κ2) is 10.3. The van der Waals surface area contributed by atoms with Crippen LogP contribution in [0.15, 0.2) is 42.6 Å². The summed E-state index contributed by atoms with van der Waals surface area (Å²) < 4.78 is 14.9. The Morgan fingerprint density at radius 2 is 1.84 bits per heavy atom. The number of carbonyl (C=O) groups excluding carboxylic acids is 2. The summed E-state index contributed by atoms with van der Waals surface area (Å²) in [6.07, 6.45) is 9.06. The summed E-state index contributed by atoms with van der Waals surface area (Å²) in [5, 5.41) is 5.20. The van der Waals surface area contributed by atoms with Gasteiger partial charge in [-0.2, -0.15) is 0 Å². The van der Waals surface area contributed by atoms with Gasteiger partial charge in [0.05, 0.1) is 36.1 Å².